The van der Waals surface area contributed by atoms with Gasteiger partial charge in [-0.2, -0.15) is 13.2 Å². The summed E-state index contributed by atoms with van der Waals surface area (Å²) in [6.07, 6.45) is -2.84. The maximum Gasteiger partial charge on any atom is 0.416 e. The topological polar surface area (TPSA) is 43.6 Å². The van der Waals surface area contributed by atoms with Crippen LogP contribution in [0.25, 0.3) is 72.3 Å². The Hall–Kier alpha value is -5.82. The van der Waals surface area contributed by atoms with E-state index in [2.05, 4.69) is 4.98 Å². The number of hydrogen-bond donors (Lipinski definition) is 0. The number of halogens is 3. The Bertz CT molecular complexity index is 2340. The van der Waals surface area contributed by atoms with E-state index in [0.717, 1.165) is 56.1 Å². The molecule has 216 valence electrons. The first-order valence-corrected chi connectivity index (χ1v) is 14.4. The summed E-state index contributed by atoms with van der Waals surface area (Å²) in [6.45, 7) is 0. The van der Waals surface area contributed by atoms with E-state index in [1.807, 2.05) is 108 Å². The Balaban J connectivity index is 1.26. The van der Waals surface area contributed by atoms with Crippen molar-refractivity contribution in [3.63, 3.8) is 0 Å². The maximum absolute atomic E-state index is 14.3. The van der Waals surface area contributed by atoms with E-state index in [1.165, 1.54) is 0 Å². The summed E-state index contributed by atoms with van der Waals surface area (Å²) in [5.41, 5.74) is 4.48. The predicted molar refractivity (Wildman–Crippen MR) is 173 cm³/mol. The van der Waals surface area contributed by atoms with Gasteiger partial charge in [0.1, 0.15) is 5.65 Å². The van der Waals surface area contributed by atoms with Crippen LogP contribution in [0.3, 0.4) is 0 Å². The second-order valence-corrected chi connectivity index (χ2v) is 10.9. The van der Waals surface area contributed by atoms with E-state index in [4.69, 9.17) is 9.97 Å². The van der Waals surface area contributed by atoms with E-state index in [-0.39, 0.29) is 11.4 Å². The van der Waals surface area contributed by atoms with Gasteiger partial charge in [0.2, 0.25) is 0 Å². The van der Waals surface area contributed by atoms with Crippen molar-refractivity contribution in [3.05, 3.63) is 145 Å². The van der Waals surface area contributed by atoms with Gasteiger partial charge in [-0.25, -0.2) is 15.0 Å². The quantitative estimate of drug-likeness (QED) is 0.204. The highest BCUT2D eigenvalue weighted by molar-refractivity contribution is 6.07. The molecule has 8 rings (SSSR count). The summed E-state index contributed by atoms with van der Waals surface area (Å²) in [5, 5.41) is 4.19. The van der Waals surface area contributed by atoms with Gasteiger partial charge in [0.25, 0.3) is 0 Å². The third-order valence-electron chi connectivity index (χ3n) is 8.04. The van der Waals surface area contributed by atoms with Gasteiger partial charge in [-0.1, -0.05) is 72.8 Å². The average molecular weight is 593 g/mol. The molecule has 7 heteroatoms. The van der Waals surface area contributed by atoms with Crippen molar-refractivity contribution in [2.75, 3.05) is 0 Å². The number of nitrogens with zero attached hydrogens (tertiary/aromatic N) is 4. The average Bonchev–Trinajstić information content (AvgIpc) is 3.42. The van der Waals surface area contributed by atoms with Gasteiger partial charge in [0, 0.05) is 33.8 Å². The zero-order chi connectivity index (χ0) is 30.5. The number of para-hydroxylation sites is 1. The minimum absolute atomic E-state index is 0.145. The Morgan fingerprint density at radius 1 is 0.511 bits per heavy atom. The van der Waals surface area contributed by atoms with Gasteiger partial charge < -0.3 is 0 Å². The standard InChI is InChI=1S/C38H23F3N4/c39-38(40,41)28-22-34(26-10-5-11-29(21-26)45-36-16-4-3-12-30(36)31-13-7-19-42-37(31)45)44-35(23-28)33-15-6-14-32(43-33)27-18-17-24-8-1-2-9-25(24)20-27/h1-23H. The summed E-state index contributed by atoms with van der Waals surface area (Å²) in [6, 6.07) is 40.8. The first-order valence-electron chi connectivity index (χ1n) is 14.4. The zero-order valence-corrected chi connectivity index (χ0v) is 23.7. The van der Waals surface area contributed by atoms with E-state index in [9.17, 15) is 13.2 Å². The largest absolute Gasteiger partial charge is 0.416 e. The molecule has 0 saturated carbocycles. The van der Waals surface area contributed by atoms with E-state index >= 15 is 0 Å². The molecule has 4 nitrogen and oxygen atoms in total. The highest BCUT2D eigenvalue weighted by Gasteiger charge is 2.32. The van der Waals surface area contributed by atoms with Crippen LogP contribution in [0, 0.1) is 0 Å². The molecule has 8 aromatic rings. The fourth-order valence-electron chi connectivity index (χ4n) is 5.92. The molecule has 0 saturated heterocycles. The van der Waals surface area contributed by atoms with E-state index in [1.54, 1.807) is 24.4 Å². The molecular formula is C38H23F3N4. The number of benzene rings is 4. The monoisotopic (exact) mass is 592 g/mol. The number of pyridine rings is 3. The molecule has 0 atom stereocenters. The number of alkyl halides is 3. The summed E-state index contributed by atoms with van der Waals surface area (Å²) in [7, 11) is 0. The van der Waals surface area contributed by atoms with Gasteiger partial charge in [-0.15, -0.1) is 0 Å². The lowest BCUT2D eigenvalue weighted by Crippen LogP contribution is -2.07. The summed E-state index contributed by atoms with van der Waals surface area (Å²) >= 11 is 0. The molecule has 0 N–H and O–H groups in total. The fourth-order valence-corrected chi connectivity index (χ4v) is 5.92. The molecule has 0 bridgehead atoms. The van der Waals surface area contributed by atoms with Crippen LogP contribution in [0.4, 0.5) is 13.2 Å². The van der Waals surface area contributed by atoms with Gasteiger partial charge >= 0.3 is 6.18 Å². The lowest BCUT2D eigenvalue weighted by molar-refractivity contribution is -0.137. The minimum Gasteiger partial charge on any atom is -0.294 e. The van der Waals surface area contributed by atoms with Gasteiger partial charge in [0.05, 0.1) is 33.9 Å². The van der Waals surface area contributed by atoms with Crippen molar-refractivity contribution in [2.24, 2.45) is 0 Å². The molecule has 45 heavy (non-hydrogen) atoms. The van der Waals surface area contributed by atoms with Crippen molar-refractivity contribution >= 4 is 32.7 Å². The van der Waals surface area contributed by atoms with E-state index in [0.29, 0.717) is 17.0 Å². The highest BCUT2D eigenvalue weighted by atomic mass is 19.4. The zero-order valence-electron chi connectivity index (χ0n) is 23.7. The van der Waals surface area contributed by atoms with Crippen LogP contribution < -0.4 is 0 Å². The Morgan fingerprint density at radius 2 is 1.22 bits per heavy atom. The highest BCUT2D eigenvalue weighted by Crippen LogP contribution is 2.36. The Morgan fingerprint density at radius 3 is 2.11 bits per heavy atom. The molecule has 0 unspecified atom stereocenters. The summed E-state index contributed by atoms with van der Waals surface area (Å²) < 4.78 is 44.8. The van der Waals surface area contributed by atoms with Gasteiger partial charge in [-0.05, 0) is 71.4 Å². The van der Waals surface area contributed by atoms with Crippen molar-refractivity contribution in [3.8, 4) is 39.6 Å². The van der Waals surface area contributed by atoms with Crippen molar-refractivity contribution in [1.29, 1.82) is 0 Å². The fraction of sp³-hybridized carbons (Fsp3) is 0.0263. The molecule has 0 spiro atoms. The number of fused-ring (bicyclic) bond motifs is 4. The van der Waals surface area contributed by atoms with E-state index < -0.39 is 11.7 Å². The molecular weight excluding hydrogens is 569 g/mol. The van der Waals surface area contributed by atoms with Crippen molar-refractivity contribution in [2.45, 2.75) is 6.18 Å². The molecule has 4 aromatic heterocycles. The lowest BCUT2D eigenvalue weighted by atomic mass is 10.0. The van der Waals surface area contributed by atoms with Crippen LogP contribution in [0.2, 0.25) is 0 Å². The number of hydrogen-bond acceptors (Lipinski definition) is 3. The maximum atomic E-state index is 14.3. The Kier molecular flexibility index (Phi) is 6.20. The minimum atomic E-state index is -4.57. The van der Waals surface area contributed by atoms with Crippen molar-refractivity contribution in [1.82, 2.24) is 19.5 Å². The van der Waals surface area contributed by atoms with Crippen LogP contribution in [0.5, 0.6) is 0 Å². The summed E-state index contributed by atoms with van der Waals surface area (Å²) in [5.74, 6) is 0. The normalized spacial score (nSPS) is 11.9. The molecule has 4 heterocycles. The molecule has 0 radical (unpaired) electrons. The first-order chi connectivity index (χ1) is 21.9. The summed E-state index contributed by atoms with van der Waals surface area (Å²) in [4.78, 5) is 14.1. The third kappa shape index (κ3) is 4.79. The molecule has 0 aliphatic rings. The predicted octanol–water partition coefficient (Wildman–Crippen LogP) is 10.1. The number of rotatable bonds is 4. The van der Waals surface area contributed by atoms with Crippen LogP contribution in [-0.4, -0.2) is 19.5 Å². The van der Waals surface area contributed by atoms with Crippen LogP contribution in [0.15, 0.2) is 140 Å². The second-order valence-electron chi connectivity index (χ2n) is 10.9. The SMILES string of the molecule is FC(F)(F)c1cc(-c2cccc(-n3c4ccccc4c4cccnc43)c2)nc(-c2cccc(-c3ccc4ccccc4c3)n2)c1. The second kappa shape index (κ2) is 10.4. The molecule has 0 amide bonds. The first kappa shape index (κ1) is 26.8. The number of aromatic nitrogens is 4. The van der Waals surface area contributed by atoms with Crippen molar-refractivity contribution < 1.29 is 13.2 Å². The lowest BCUT2D eigenvalue weighted by Gasteiger charge is -2.14. The van der Waals surface area contributed by atoms with Crippen LogP contribution >= 0.6 is 0 Å². The molecule has 0 fully saturated rings. The molecule has 0 aliphatic heterocycles. The molecule has 0 aliphatic carbocycles. The smallest absolute Gasteiger partial charge is 0.294 e. The molecule has 4 aromatic carbocycles. The van der Waals surface area contributed by atoms with Crippen LogP contribution in [0.1, 0.15) is 5.56 Å². The van der Waals surface area contributed by atoms with Gasteiger partial charge in [0.15, 0.2) is 0 Å². The van der Waals surface area contributed by atoms with Gasteiger partial charge in [-0.3, -0.25) is 4.57 Å². The van der Waals surface area contributed by atoms with Crippen LogP contribution in [-0.2, 0) is 6.18 Å². The Labute approximate surface area is 256 Å². The third-order valence-corrected chi connectivity index (χ3v) is 8.04.